The summed E-state index contributed by atoms with van der Waals surface area (Å²) in [5, 5.41) is 8.18. The maximum absolute atomic E-state index is 12.9. The number of nitrogens with zero attached hydrogens (tertiary/aromatic N) is 3. The van der Waals surface area contributed by atoms with Crippen molar-refractivity contribution in [2.75, 3.05) is 0 Å². The second kappa shape index (κ2) is 5.73. The Hall–Kier alpha value is -1.75. The van der Waals surface area contributed by atoms with Gasteiger partial charge in [-0.1, -0.05) is 18.6 Å². The van der Waals surface area contributed by atoms with Gasteiger partial charge in [0.1, 0.15) is 5.82 Å². The van der Waals surface area contributed by atoms with Crippen molar-refractivity contribution in [1.29, 1.82) is 0 Å². The van der Waals surface area contributed by atoms with Gasteiger partial charge in [0.25, 0.3) is 0 Å². The van der Waals surface area contributed by atoms with Crippen LogP contribution in [0.5, 0.6) is 0 Å². The van der Waals surface area contributed by atoms with Gasteiger partial charge in [-0.3, -0.25) is 0 Å². The SMILES string of the molecule is CCCCc1c(CN)nnn1-c1ccc(F)cc1. The van der Waals surface area contributed by atoms with E-state index in [1.165, 1.54) is 12.1 Å². The molecule has 0 aliphatic rings. The van der Waals surface area contributed by atoms with Crippen molar-refractivity contribution in [3.63, 3.8) is 0 Å². The third-order valence-corrected chi connectivity index (χ3v) is 2.88. The Labute approximate surface area is 106 Å². The normalized spacial score (nSPS) is 10.8. The highest BCUT2D eigenvalue weighted by molar-refractivity contribution is 5.33. The van der Waals surface area contributed by atoms with Crippen LogP contribution in [0.15, 0.2) is 24.3 Å². The molecule has 2 N–H and O–H groups in total. The van der Waals surface area contributed by atoms with Gasteiger partial charge in [0, 0.05) is 6.54 Å². The van der Waals surface area contributed by atoms with Gasteiger partial charge in [0.05, 0.1) is 17.1 Å². The third kappa shape index (κ3) is 2.56. The second-order valence-corrected chi connectivity index (χ2v) is 4.18. The molecule has 0 unspecified atom stereocenters. The van der Waals surface area contributed by atoms with Gasteiger partial charge in [-0.2, -0.15) is 0 Å². The minimum Gasteiger partial charge on any atom is -0.325 e. The molecule has 1 aromatic carbocycles. The van der Waals surface area contributed by atoms with Crippen molar-refractivity contribution in [3.8, 4) is 5.69 Å². The summed E-state index contributed by atoms with van der Waals surface area (Å²) in [6.07, 6.45) is 3.04. The fourth-order valence-electron chi connectivity index (χ4n) is 1.88. The Morgan fingerprint density at radius 1 is 1.28 bits per heavy atom. The first-order valence-electron chi connectivity index (χ1n) is 6.15. The van der Waals surface area contributed by atoms with Crippen molar-refractivity contribution < 1.29 is 4.39 Å². The van der Waals surface area contributed by atoms with Crippen LogP contribution < -0.4 is 5.73 Å². The summed E-state index contributed by atoms with van der Waals surface area (Å²) in [6, 6.07) is 6.23. The van der Waals surface area contributed by atoms with Gasteiger partial charge >= 0.3 is 0 Å². The van der Waals surface area contributed by atoms with Gasteiger partial charge in [-0.15, -0.1) is 5.10 Å². The fraction of sp³-hybridized carbons (Fsp3) is 0.385. The first-order valence-corrected chi connectivity index (χ1v) is 6.15. The number of unbranched alkanes of at least 4 members (excludes halogenated alkanes) is 1. The highest BCUT2D eigenvalue weighted by atomic mass is 19.1. The number of rotatable bonds is 5. The lowest BCUT2D eigenvalue weighted by Gasteiger charge is -2.07. The Morgan fingerprint density at radius 2 is 2.00 bits per heavy atom. The Bertz CT molecular complexity index is 504. The van der Waals surface area contributed by atoms with E-state index in [0.29, 0.717) is 6.54 Å². The maximum atomic E-state index is 12.9. The van der Waals surface area contributed by atoms with Crippen molar-refractivity contribution in [2.24, 2.45) is 5.73 Å². The standard InChI is InChI=1S/C13H17FN4/c1-2-3-4-13-12(9-15)16-17-18(13)11-7-5-10(14)6-8-11/h5-8H,2-4,9,15H2,1H3. The van der Waals surface area contributed by atoms with Gasteiger partial charge < -0.3 is 5.73 Å². The molecular weight excluding hydrogens is 231 g/mol. The number of hydrogen-bond donors (Lipinski definition) is 1. The molecular formula is C13H17FN4. The van der Waals surface area contributed by atoms with E-state index in [9.17, 15) is 4.39 Å². The van der Waals surface area contributed by atoms with Crippen LogP contribution in [0.3, 0.4) is 0 Å². The molecule has 0 amide bonds. The zero-order valence-electron chi connectivity index (χ0n) is 10.4. The van der Waals surface area contributed by atoms with Crippen LogP contribution in [0.2, 0.25) is 0 Å². The first-order chi connectivity index (χ1) is 8.76. The molecule has 0 aliphatic heterocycles. The van der Waals surface area contributed by atoms with Crippen LogP contribution in [0.25, 0.3) is 5.69 Å². The van der Waals surface area contributed by atoms with Gasteiger partial charge in [0.2, 0.25) is 0 Å². The molecule has 0 bridgehead atoms. The number of hydrogen-bond acceptors (Lipinski definition) is 3. The molecule has 0 saturated carbocycles. The van der Waals surface area contributed by atoms with E-state index in [4.69, 9.17) is 5.73 Å². The summed E-state index contributed by atoms with van der Waals surface area (Å²) in [6.45, 7) is 2.51. The number of nitrogens with two attached hydrogens (primary N) is 1. The average Bonchev–Trinajstić information content (AvgIpc) is 2.80. The minimum atomic E-state index is -0.256. The Kier molecular flexibility index (Phi) is 4.04. The van der Waals surface area contributed by atoms with E-state index in [-0.39, 0.29) is 5.82 Å². The van der Waals surface area contributed by atoms with E-state index in [0.717, 1.165) is 36.3 Å². The quantitative estimate of drug-likeness (QED) is 0.882. The Morgan fingerprint density at radius 3 is 2.61 bits per heavy atom. The monoisotopic (exact) mass is 248 g/mol. The number of benzene rings is 1. The maximum Gasteiger partial charge on any atom is 0.123 e. The lowest BCUT2D eigenvalue weighted by molar-refractivity contribution is 0.626. The van der Waals surface area contributed by atoms with Crippen LogP contribution in [-0.2, 0) is 13.0 Å². The number of halogens is 1. The van der Waals surface area contributed by atoms with Crippen molar-refractivity contribution in [2.45, 2.75) is 32.7 Å². The average molecular weight is 248 g/mol. The van der Waals surface area contributed by atoms with Crippen LogP contribution >= 0.6 is 0 Å². The molecule has 18 heavy (non-hydrogen) atoms. The molecule has 0 atom stereocenters. The van der Waals surface area contributed by atoms with E-state index < -0.39 is 0 Å². The highest BCUT2D eigenvalue weighted by Gasteiger charge is 2.12. The van der Waals surface area contributed by atoms with Crippen LogP contribution in [0.1, 0.15) is 31.2 Å². The summed E-state index contributed by atoms with van der Waals surface area (Å²) in [4.78, 5) is 0. The van der Waals surface area contributed by atoms with Gasteiger partial charge in [-0.25, -0.2) is 9.07 Å². The topological polar surface area (TPSA) is 56.7 Å². The zero-order valence-corrected chi connectivity index (χ0v) is 10.4. The van der Waals surface area contributed by atoms with E-state index in [2.05, 4.69) is 17.2 Å². The summed E-state index contributed by atoms with van der Waals surface area (Å²) in [5.41, 5.74) is 8.31. The largest absolute Gasteiger partial charge is 0.325 e. The lowest BCUT2D eigenvalue weighted by Crippen LogP contribution is -2.06. The predicted molar refractivity (Wildman–Crippen MR) is 67.8 cm³/mol. The van der Waals surface area contributed by atoms with Crippen LogP contribution in [0.4, 0.5) is 4.39 Å². The zero-order chi connectivity index (χ0) is 13.0. The van der Waals surface area contributed by atoms with Crippen LogP contribution in [0, 0.1) is 5.82 Å². The second-order valence-electron chi connectivity index (χ2n) is 4.18. The van der Waals surface area contributed by atoms with Crippen molar-refractivity contribution >= 4 is 0 Å². The predicted octanol–water partition coefficient (Wildman–Crippen LogP) is 2.21. The van der Waals surface area contributed by atoms with Gasteiger partial charge in [0.15, 0.2) is 0 Å². The molecule has 1 aromatic heterocycles. The van der Waals surface area contributed by atoms with Crippen molar-refractivity contribution in [3.05, 3.63) is 41.5 Å². The summed E-state index contributed by atoms with van der Waals surface area (Å²) in [5.74, 6) is -0.256. The lowest BCUT2D eigenvalue weighted by atomic mass is 10.1. The molecule has 96 valence electrons. The van der Waals surface area contributed by atoms with E-state index in [1.54, 1.807) is 16.8 Å². The van der Waals surface area contributed by atoms with Gasteiger partial charge in [-0.05, 0) is 37.1 Å². The summed E-state index contributed by atoms with van der Waals surface area (Å²) >= 11 is 0. The molecule has 5 heteroatoms. The molecule has 0 aliphatic carbocycles. The van der Waals surface area contributed by atoms with E-state index in [1.807, 2.05) is 0 Å². The molecule has 0 fully saturated rings. The molecule has 0 spiro atoms. The van der Waals surface area contributed by atoms with E-state index >= 15 is 0 Å². The molecule has 0 radical (unpaired) electrons. The van der Waals surface area contributed by atoms with Crippen molar-refractivity contribution in [1.82, 2.24) is 15.0 Å². The fourth-order valence-corrected chi connectivity index (χ4v) is 1.88. The molecule has 4 nitrogen and oxygen atoms in total. The molecule has 2 rings (SSSR count). The first kappa shape index (κ1) is 12.7. The third-order valence-electron chi connectivity index (χ3n) is 2.88. The summed E-state index contributed by atoms with van der Waals surface area (Å²) < 4.78 is 14.7. The summed E-state index contributed by atoms with van der Waals surface area (Å²) in [7, 11) is 0. The molecule has 2 aromatic rings. The minimum absolute atomic E-state index is 0.256. The molecule has 0 saturated heterocycles. The highest BCUT2D eigenvalue weighted by Crippen LogP contribution is 2.15. The number of aromatic nitrogens is 3. The van der Waals surface area contributed by atoms with Crippen LogP contribution in [-0.4, -0.2) is 15.0 Å². The molecule has 1 heterocycles. The Balaban J connectivity index is 2.37. The smallest absolute Gasteiger partial charge is 0.123 e.